The van der Waals surface area contributed by atoms with E-state index in [-0.39, 0.29) is 4.90 Å². The summed E-state index contributed by atoms with van der Waals surface area (Å²) in [4.78, 5) is 15.7. The van der Waals surface area contributed by atoms with Gasteiger partial charge in [0.1, 0.15) is 12.1 Å². The highest BCUT2D eigenvalue weighted by atomic mass is 32.2. The first kappa shape index (κ1) is 34.1. The molecule has 9 heteroatoms. The molecule has 2 aromatic carbocycles. The molecule has 0 amide bonds. The molecule has 2 atom stereocenters. The number of ether oxygens (including phenoxy) is 1. The zero-order chi connectivity index (χ0) is 29.8. The summed E-state index contributed by atoms with van der Waals surface area (Å²) in [6, 6.07) is 13.6. The molecule has 0 bridgehead atoms. The van der Waals surface area contributed by atoms with Crippen molar-refractivity contribution in [2.75, 3.05) is 6.61 Å². The van der Waals surface area contributed by atoms with Crippen molar-refractivity contribution in [3.63, 3.8) is 0 Å². The molecule has 0 aromatic heterocycles. The minimum absolute atomic E-state index is 0.00680. The van der Waals surface area contributed by atoms with Gasteiger partial charge in [0, 0.05) is 4.91 Å². The van der Waals surface area contributed by atoms with E-state index < -0.39 is 34.8 Å². The molecule has 0 spiro atoms. The molecule has 2 rings (SSSR count). The summed E-state index contributed by atoms with van der Waals surface area (Å²) in [5.74, 6) is -0.602. The van der Waals surface area contributed by atoms with Crippen molar-refractivity contribution in [3.05, 3.63) is 88.3 Å². The topological polar surface area (TPSA) is 118 Å². The van der Waals surface area contributed by atoms with Crippen LogP contribution in [0, 0.1) is 6.92 Å². The summed E-state index contributed by atoms with van der Waals surface area (Å²) in [5, 5.41) is 3.72. The monoisotopic (exact) mass is 583 g/mol. The van der Waals surface area contributed by atoms with Crippen LogP contribution < -0.4 is 0 Å². The average molecular weight is 584 g/mol. The summed E-state index contributed by atoms with van der Waals surface area (Å²) >= 11 is 0. The van der Waals surface area contributed by atoms with Gasteiger partial charge in [-0.1, -0.05) is 118 Å². The average Bonchev–Trinajstić information content (AvgIpc) is 2.97. The fourth-order valence-corrected chi connectivity index (χ4v) is 5.29. The molecule has 0 radical (unpaired) electrons. The van der Waals surface area contributed by atoms with E-state index in [9.17, 15) is 18.7 Å². The summed E-state index contributed by atoms with van der Waals surface area (Å²) in [6.07, 6.45) is 17.0. The van der Waals surface area contributed by atoms with Crippen LogP contribution in [0.3, 0.4) is 0 Å². The van der Waals surface area contributed by atoms with Crippen molar-refractivity contribution in [1.29, 1.82) is 0 Å². The van der Waals surface area contributed by atoms with Crippen molar-refractivity contribution >= 4 is 16.1 Å². The summed E-state index contributed by atoms with van der Waals surface area (Å²) in [7, 11) is -4.10. The van der Waals surface area contributed by atoms with E-state index in [1.54, 1.807) is 48.5 Å². The van der Waals surface area contributed by atoms with E-state index in [1.165, 1.54) is 69.9 Å². The number of unbranched alkanes of at least 4 members (excludes halogenated alkanes) is 11. The fourth-order valence-electron chi connectivity index (χ4n) is 4.36. The standard InChI is InChI=1S/C32H45N3O5S/c1-3-4-5-6-7-8-9-10-11-12-13-14-18-21-31(40-32(36)28-19-16-15-17-20-28)30(34-35-33)26-39-41(37,38)29-24-22-27(2)23-25-29/h15-25,30-31H,3-14,26H2,1-2H3/t30-,31+/m0/s1. The van der Waals surface area contributed by atoms with Gasteiger partial charge < -0.3 is 4.74 Å². The van der Waals surface area contributed by atoms with E-state index in [0.29, 0.717) is 5.56 Å². The Morgan fingerprint density at radius 3 is 2.07 bits per heavy atom. The summed E-state index contributed by atoms with van der Waals surface area (Å²) in [6.45, 7) is 3.61. The van der Waals surface area contributed by atoms with Crippen molar-refractivity contribution in [2.45, 2.75) is 108 Å². The van der Waals surface area contributed by atoms with Gasteiger partial charge in [0.15, 0.2) is 0 Å². The van der Waals surface area contributed by atoms with Gasteiger partial charge >= 0.3 is 5.97 Å². The third kappa shape index (κ3) is 13.9. The lowest BCUT2D eigenvalue weighted by Crippen LogP contribution is -2.33. The molecule has 0 fully saturated rings. The van der Waals surface area contributed by atoms with Gasteiger partial charge in [-0.25, -0.2) is 4.79 Å². The van der Waals surface area contributed by atoms with Crippen LogP contribution in [0.25, 0.3) is 10.4 Å². The van der Waals surface area contributed by atoms with Crippen molar-refractivity contribution in [3.8, 4) is 0 Å². The minimum Gasteiger partial charge on any atom is -0.454 e. The maximum Gasteiger partial charge on any atom is 0.338 e. The Balaban J connectivity index is 1.95. The van der Waals surface area contributed by atoms with Crippen LogP contribution in [0.15, 0.2) is 76.8 Å². The van der Waals surface area contributed by atoms with Crippen LogP contribution in [0.1, 0.15) is 99.9 Å². The third-order valence-electron chi connectivity index (χ3n) is 6.84. The zero-order valence-corrected chi connectivity index (χ0v) is 25.3. The number of carbonyl (C=O) groups is 1. The van der Waals surface area contributed by atoms with Crippen LogP contribution >= 0.6 is 0 Å². The number of hydrogen-bond donors (Lipinski definition) is 0. The summed E-state index contributed by atoms with van der Waals surface area (Å²) < 4.78 is 36.4. The smallest absolute Gasteiger partial charge is 0.338 e. The Morgan fingerprint density at radius 1 is 0.902 bits per heavy atom. The Bertz CT molecular complexity index is 1190. The number of nitrogens with zero attached hydrogens (tertiary/aromatic N) is 3. The lowest BCUT2D eigenvalue weighted by Gasteiger charge is -2.21. The second kappa shape index (κ2) is 19.9. The molecule has 0 unspecified atom stereocenters. The highest BCUT2D eigenvalue weighted by molar-refractivity contribution is 7.86. The number of esters is 1. The molecule has 0 saturated heterocycles. The maximum atomic E-state index is 12.8. The second-order valence-electron chi connectivity index (χ2n) is 10.3. The van der Waals surface area contributed by atoms with Crippen LogP contribution in [0.2, 0.25) is 0 Å². The lowest BCUT2D eigenvalue weighted by atomic mass is 10.0. The molecule has 224 valence electrons. The predicted molar refractivity (Wildman–Crippen MR) is 163 cm³/mol. The van der Waals surface area contributed by atoms with Crippen molar-refractivity contribution in [2.24, 2.45) is 5.11 Å². The molecule has 0 aliphatic heterocycles. The van der Waals surface area contributed by atoms with Gasteiger partial charge in [-0.2, -0.15) is 8.42 Å². The highest BCUT2D eigenvalue weighted by Crippen LogP contribution is 2.18. The first-order chi connectivity index (χ1) is 19.9. The number of carbonyl (C=O) groups excluding carboxylic acids is 1. The first-order valence-electron chi connectivity index (χ1n) is 14.8. The van der Waals surface area contributed by atoms with Crippen LogP contribution in [0.5, 0.6) is 0 Å². The van der Waals surface area contributed by atoms with E-state index >= 15 is 0 Å². The van der Waals surface area contributed by atoms with E-state index in [0.717, 1.165) is 24.8 Å². The van der Waals surface area contributed by atoms with E-state index in [4.69, 9.17) is 8.92 Å². The Kier molecular flexibility index (Phi) is 16.5. The normalized spacial score (nSPS) is 13.0. The fraction of sp³-hybridized carbons (Fsp3) is 0.531. The molecule has 0 heterocycles. The zero-order valence-electron chi connectivity index (χ0n) is 24.5. The van der Waals surface area contributed by atoms with Gasteiger partial charge in [-0.05, 0) is 55.6 Å². The number of allylic oxidation sites excluding steroid dienone is 1. The maximum absolute atomic E-state index is 12.8. The van der Waals surface area contributed by atoms with Gasteiger partial charge in [-0.3, -0.25) is 4.18 Å². The second-order valence-corrected chi connectivity index (χ2v) is 11.9. The van der Waals surface area contributed by atoms with Gasteiger partial charge in [0.2, 0.25) is 0 Å². The van der Waals surface area contributed by atoms with E-state index in [2.05, 4.69) is 16.9 Å². The molecule has 0 N–H and O–H groups in total. The molecule has 0 saturated carbocycles. The SMILES string of the molecule is CCCCCCCCCCCCCC=C[C@@H](OC(=O)c1ccccc1)[C@H](COS(=O)(=O)c1ccc(C)cc1)N=[N+]=[N-]. The van der Waals surface area contributed by atoms with Crippen LogP contribution in [-0.4, -0.2) is 33.1 Å². The third-order valence-corrected chi connectivity index (χ3v) is 8.13. The minimum atomic E-state index is -4.10. The molecule has 41 heavy (non-hydrogen) atoms. The number of aryl methyl sites for hydroxylation is 1. The molecular formula is C32H45N3O5S. The number of hydrogen-bond acceptors (Lipinski definition) is 6. The predicted octanol–water partition coefficient (Wildman–Crippen LogP) is 8.86. The number of rotatable bonds is 21. The van der Waals surface area contributed by atoms with Crippen LogP contribution in [0.4, 0.5) is 0 Å². The lowest BCUT2D eigenvalue weighted by molar-refractivity contribution is 0.0316. The van der Waals surface area contributed by atoms with Crippen LogP contribution in [-0.2, 0) is 19.0 Å². The quantitative estimate of drug-likeness (QED) is 0.0276. The van der Waals surface area contributed by atoms with Gasteiger partial charge in [0.05, 0.1) is 17.1 Å². The highest BCUT2D eigenvalue weighted by Gasteiger charge is 2.26. The molecule has 0 aliphatic rings. The Labute approximate surface area is 245 Å². The number of azide groups is 1. The summed E-state index contributed by atoms with van der Waals surface area (Å²) in [5.41, 5.74) is 10.4. The largest absolute Gasteiger partial charge is 0.454 e. The first-order valence-corrected chi connectivity index (χ1v) is 16.2. The Hall–Kier alpha value is -3.13. The molecule has 2 aromatic rings. The molecule has 0 aliphatic carbocycles. The van der Waals surface area contributed by atoms with Gasteiger partial charge in [0.25, 0.3) is 10.1 Å². The molecule has 8 nitrogen and oxygen atoms in total. The van der Waals surface area contributed by atoms with Crippen molar-refractivity contribution in [1.82, 2.24) is 0 Å². The molecular weight excluding hydrogens is 538 g/mol. The van der Waals surface area contributed by atoms with Gasteiger partial charge in [-0.15, -0.1) is 0 Å². The van der Waals surface area contributed by atoms with Crippen molar-refractivity contribution < 1.29 is 22.1 Å². The Morgan fingerprint density at radius 2 is 1.49 bits per heavy atom. The van der Waals surface area contributed by atoms with E-state index in [1.807, 2.05) is 13.0 Å². The number of benzene rings is 2.